The molecule has 31 heavy (non-hydrogen) atoms. The Labute approximate surface area is 183 Å². The normalized spacial score (nSPS) is 14.8. The second kappa shape index (κ2) is 9.25. The molecule has 1 aliphatic rings. The quantitative estimate of drug-likeness (QED) is 0.615. The number of nitrogens with one attached hydrogen (secondary N) is 1. The van der Waals surface area contributed by atoms with Crippen LogP contribution in [0.2, 0.25) is 0 Å². The number of nitrogens with zero attached hydrogens (tertiary/aromatic N) is 2. The fraction of sp³-hybridized carbons (Fsp3) is 0.360. The highest BCUT2D eigenvalue weighted by atomic mass is 16.6. The Morgan fingerprint density at radius 1 is 1.06 bits per heavy atom. The molecule has 6 nitrogen and oxygen atoms in total. The number of benzene rings is 2. The Bertz CT molecular complexity index is 1030. The number of amides is 1. The van der Waals surface area contributed by atoms with Crippen molar-refractivity contribution in [2.24, 2.45) is 0 Å². The van der Waals surface area contributed by atoms with E-state index in [-0.39, 0.29) is 23.9 Å². The SMILES string of the molecule is CC(C)c1nccn1[C@@H](C)C(=O)N[C@H](Cc1ccccc1)c1ccc2c(c1)OCCO2. The van der Waals surface area contributed by atoms with Crippen LogP contribution in [0.3, 0.4) is 0 Å². The van der Waals surface area contributed by atoms with E-state index in [9.17, 15) is 4.79 Å². The summed E-state index contributed by atoms with van der Waals surface area (Å²) in [6.45, 7) is 7.15. The number of hydrogen-bond donors (Lipinski definition) is 1. The van der Waals surface area contributed by atoms with Crippen molar-refractivity contribution < 1.29 is 14.3 Å². The zero-order valence-electron chi connectivity index (χ0n) is 18.2. The molecule has 0 fully saturated rings. The first-order valence-corrected chi connectivity index (χ1v) is 10.8. The molecule has 0 saturated carbocycles. The molecule has 3 aromatic rings. The van der Waals surface area contributed by atoms with Gasteiger partial charge in [-0.1, -0.05) is 50.2 Å². The molecule has 0 bridgehead atoms. The van der Waals surface area contributed by atoms with Crippen molar-refractivity contribution in [2.45, 2.75) is 45.2 Å². The van der Waals surface area contributed by atoms with Crippen LogP contribution in [0.25, 0.3) is 0 Å². The van der Waals surface area contributed by atoms with Gasteiger partial charge < -0.3 is 19.4 Å². The Kier molecular flexibility index (Phi) is 6.26. The van der Waals surface area contributed by atoms with E-state index in [1.807, 2.05) is 54.1 Å². The lowest BCUT2D eigenvalue weighted by molar-refractivity contribution is -0.124. The lowest BCUT2D eigenvalue weighted by atomic mass is 9.98. The van der Waals surface area contributed by atoms with Crippen molar-refractivity contribution in [3.05, 3.63) is 77.9 Å². The van der Waals surface area contributed by atoms with Crippen molar-refractivity contribution in [2.75, 3.05) is 13.2 Å². The first-order valence-electron chi connectivity index (χ1n) is 10.8. The van der Waals surface area contributed by atoms with E-state index in [4.69, 9.17) is 9.47 Å². The van der Waals surface area contributed by atoms with Gasteiger partial charge in [0.1, 0.15) is 25.1 Å². The lowest BCUT2D eigenvalue weighted by Gasteiger charge is -2.25. The van der Waals surface area contributed by atoms with Gasteiger partial charge in [-0.3, -0.25) is 4.79 Å². The minimum Gasteiger partial charge on any atom is -0.486 e. The maximum atomic E-state index is 13.3. The van der Waals surface area contributed by atoms with Gasteiger partial charge in [0, 0.05) is 18.3 Å². The molecule has 0 spiro atoms. The summed E-state index contributed by atoms with van der Waals surface area (Å²) < 4.78 is 13.4. The summed E-state index contributed by atoms with van der Waals surface area (Å²) in [6, 6.07) is 15.5. The molecule has 2 atom stereocenters. The molecular weight excluding hydrogens is 390 g/mol. The minimum atomic E-state index is -0.365. The fourth-order valence-corrected chi connectivity index (χ4v) is 3.90. The van der Waals surface area contributed by atoms with Crippen LogP contribution in [0.15, 0.2) is 60.9 Å². The van der Waals surface area contributed by atoms with Crippen LogP contribution in [0.4, 0.5) is 0 Å². The van der Waals surface area contributed by atoms with Crippen LogP contribution in [-0.4, -0.2) is 28.7 Å². The van der Waals surface area contributed by atoms with Crippen LogP contribution >= 0.6 is 0 Å². The van der Waals surface area contributed by atoms with Crippen molar-refractivity contribution >= 4 is 5.91 Å². The van der Waals surface area contributed by atoms with E-state index in [0.717, 1.165) is 28.5 Å². The summed E-state index contributed by atoms with van der Waals surface area (Å²) in [7, 11) is 0. The number of ether oxygens (including phenoxy) is 2. The zero-order valence-corrected chi connectivity index (χ0v) is 18.2. The number of rotatable bonds is 7. The largest absolute Gasteiger partial charge is 0.486 e. The number of carbonyl (C=O) groups excluding carboxylic acids is 1. The number of fused-ring (bicyclic) bond motifs is 1. The first-order chi connectivity index (χ1) is 15.0. The lowest BCUT2D eigenvalue weighted by Crippen LogP contribution is -2.35. The van der Waals surface area contributed by atoms with Gasteiger partial charge >= 0.3 is 0 Å². The molecule has 1 N–H and O–H groups in total. The number of imidazole rings is 1. The molecule has 6 heteroatoms. The average Bonchev–Trinajstić information content (AvgIpc) is 3.29. The monoisotopic (exact) mass is 419 g/mol. The molecule has 0 unspecified atom stereocenters. The summed E-state index contributed by atoms with van der Waals surface area (Å²) in [6.07, 6.45) is 4.30. The van der Waals surface area contributed by atoms with Gasteiger partial charge in [0.2, 0.25) is 5.91 Å². The number of carbonyl (C=O) groups is 1. The number of aromatic nitrogens is 2. The Hall–Kier alpha value is -3.28. The van der Waals surface area contributed by atoms with Crippen LogP contribution < -0.4 is 14.8 Å². The first kappa shape index (κ1) is 21.0. The smallest absolute Gasteiger partial charge is 0.243 e. The van der Waals surface area contributed by atoms with Crippen molar-refractivity contribution in [3.63, 3.8) is 0 Å². The second-order valence-corrected chi connectivity index (χ2v) is 8.18. The highest BCUT2D eigenvalue weighted by molar-refractivity contribution is 5.80. The summed E-state index contributed by atoms with van der Waals surface area (Å²) >= 11 is 0. The van der Waals surface area contributed by atoms with E-state index < -0.39 is 0 Å². The van der Waals surface area contributed by atoms with Gasteiger partial charge in [-0.2, -0.15) is 0 Å². The van der Waals surface area contributed by atoms with Gasteiger partial charge in [-0.15, -0.1) is 0 Å². The Morgan fingerprint density at radius 2 is 1.81 bits per heavy atom. The molecule has 0 radical (unpaired) electrons. The van der Waals surface area contributed by atoms with E-state index in [1.165, 1.54) is 0 Å². The van der Waals surface area contributed by atoms with E-state index >= 15 is 0 Å². The van der Waals surface area contributed by atoms with Crippen molar-refractivity contribution in [3.8, 4) is 11.5 Å². The average molecular weight is 420 g/mol. The highest BCUT2D eigenvalue weighted by Crippen LogP contribution is 2.33. The Balaban J connectivity index is 1.60. The predicted octanol–water partition coefficient (Wildman–Crippen LogP) is 4.44. The van der Waals surface area contributed by atoms with Crippen molar-refractivity contribution in [1.82, 2.24) is 14.9 Å². The molecular formula is C25H29N3O3. The summed E-state index contributed by atoms with van der Waals surface area (Å²) in [4.78, 5) is 17.7. The third kappa shape index (κ3) is 4.74. The molecule has 0 aliphatic carbocycles. The molecule has 1 aliphatic heterocycles. The van der Waals surface area contributed by atoms with Crippen LogP contribution in [0.1, 0.15) is 55.7 Å². The third-order valence-electron chi connectivity index (χ3n) is 5.58. The zero-order chi connectivity index (χ0) is 21.8. The van der Waals surface area contributed by atoms with E-state index in [2.05, 4.69) is 36.3 Å². The van der Waals surface area contributed by atoms with Gasteiger partial charge in [0.15, 0.2) is 11.5 Å². The molecule has 2 aromatic carbocycles. The maximum Gasteiger partial charge on any atom is 0.243 e. The van der Waals surface area contributed by atoms with Gasteiger partial charge in [-0.25, -0.2) is 4.98 Å². The molecule has 1 amide bonds. The third-order valence-corrected chi connectivity index (χ3v) is 5.58. The standard InChI is InChI=1S/C25H29N3O3/c1-17(2)24-26-11-12-28(24)18(3)25(29)27-21(15-19-7-5-4-6-8-19)20-9-10-22-23(16-20)31-14-13-30-22/h4-12,16-18,21H,13-15H2,1-3H3,(H,27,29)/t18-,21+/m0/s1. The van der Waals surface area contributed by atoms with Crippen LogP contribution in [0, 0.1) is 0 Å². The topological polar surface area (TPSA) is 65.4 Å². The molecule has 162 valence electrons. The van der Waals surface area contributed by atoms with Gasteiger partial charge in [0.25, 0.3) is 0 Å². The molecule has 2 heterocycles. The summed E-state index contributed by atoms with van der Waals surface area (Å²) in [5.41, 5.74) is 2.14. The van der Waals surface area contributed by atoms with Crippen LogP contribution in [0.5, 0.6) is 11.5 Å². The van der Waals surface area contributed by atoms with Crippen LogP contribution in [-0.2, 0) is 11.2 Å². The van der Waals surface area contributed by atoms with E-state index in [1.54, 1.807) is 6.20 Å². The fourth-order valence-electron chi connectivity index (χ4n) is 3.90. The van der Waals surface area contributed by atoms with Crippen molar-refractivity contribution in [1.29, 1.82) is 0 Å². The summed E-state index contributed by atoms with van der Waals surface area (Å²) in [5, 5.41) is 3.26. The van der Waals surface area contributed by atoms with Gasteiger partial charge in [0.05, 0.1) is 6.04 Å². The maximum absolute atomic E-state index is 13.3. The molecule has 4 rings (SSSR count). The van der Waals surface area contributed by atoms with E-state index in [0.29, 0.717) is 19.6 Å². The Morgan fingerprint density at radius 3 is 2.55 bits per heavy atom. The molecule has 1 aromatic heterocycles. The highest BCUT2D eigenvalue weighted by Gasteiger charge is 2.24. The van der Waals surface area contributed by atoms with Gasteiger partial charge in [-0.05, 0) is 36.6 Å². The number of hydrogen-bond acceptors (Lipinski definition) is 4. The predicted molar refractivity (Wildman–Crippen MR) is 119 cm³/mol. The minimum absolute atomic E-state index is 0.0456. The molecule has 0 saturated heterocycles. The summed E-state index contributed by atoms with van der Waals surface area (Å²) in [5.74, 6) is 2.56. The second-order valence-electron chi connectivity index (χ2n) is 8.18.